The van der Waals surface area contributed by atoms with Gasteiger partial charge >= 0.3 is 0 Å². The summed E-state index contributed by atoms with van der Waals surface area (Å²) in [4.78, 5) is 4.66. The van der Waals surface area contributed by atoms with Crippen molar-refractivity contribution in [3.8, 4) is 11.3 Å². The summed E-state index contributed by atoms with van der Waals surface area (Å²) in [5.74, 6) is 0.708. The summed E-state index contributed by atoms with van der Waals surface area (Å²) in [6.45, 7) is 0.687. The highest BCUT2D eigenvalue weighted by atomic mass is 19.1. The lowest BCUT2D eigenvalue weighted by atomic mass is 10.1. The zero-order valence-corrected chi connectivity index (χ0v) is 10.6. The molecule has 0 bridgehead atoms. The summed E-state index contributed by atoms with van der Waals surface area (Å²) in [6.07, 6.45) is 1.99. The average molecular weight is 255 g/mol. The molecule has 19 heavy (non-hydrogen) atoms. The first-order chi connectivity index (χ1) is 9.29. The van der Waals surface area contributed by atoms with E-state index in [1.54, 1.807) is 12.1 Å². The van der Waals surface area contributed by atoms with Crippen molar-refractivity contribution in [3.05, 3.63) is 60.3 Å². The van der Waals surface area contributed by atoms with Gasteiger partial charge in [-0.05, 0) is 43.4 Å². The van der Waals surface area contributed by atoms with Crippen LogP contribution >= 0.6 is 0 Å². The Kier molecular flexibility index (Phi) is 3.01. The maximum absolute atomic E-state index is 13.0. The molecule has 3 aromatic rings. The second-order valence-corrected chi connectivity index (χ2v) is 4.37. The van der Waals surface area contributed by atoms with E-state index in [1.807, 2.05) is 31.4 Å². The minimum Gasteiger partial charge on any atom is -0.313 e. The van der Waals surface area contributed by atoms with Gasteiger partial charge in [0, 0.05) is 11.8 Å². The molecule has 3 rings (SSSR count). The molecule has 0 saturated heterocycles. The minimum atomic E-state index is -0.234. The van der Waals surface area contributed by atoms with Crippen molar-refractivity contribution in [2.75, 3.05) is 7.05 Å². The smallest absolute Gasteiger partial charge is 0.128 e. The molecule has 1 N–H and O–H groups in total. The first-order valence-electron chi connectivity index (χ1n) is 6.16. The lowest BCUT2D eigenvalue weighted by Gasteiger charge is -1.99. The van der Waals surface area contributed by atoms with E-state index in [9.17, 15) is 4.39 Å². The molecule has 0 fully saturated rings. The highest BCUT2D eigenvalue weighted by molar-refractivity contribution is 5.77. The Hall–Kier alpha value is -2.20. The number of nitrogens with zero attached hydrogens (tertiary/aromatic N) is 2. The first kappa shape index (κ1) is 11.9. The van der Waals surface area contributed by atoms with E-state index in [4.69, 9.17) is 0 Å². The molecule has 0 spiro atoms. The van der Waals surface area contributed by atoms with E-state index in [0.29, 0.717) is 6.54 Å². The molecule has 96 valence electrons. The lowest BCUT2D eigenvalue weighted by molar-refractivity contribution is 0.628. The van der Waals surface area contributed by atoms with Crippen LogP contribution in [0.2, 0.25) is 0 Å². The summed E-state index contributed by atoms with van der Waals surface area (Å²) in [7, 11) is 1.89. The van der Waals surface area contributed by atoms with Crippen LogP contribution in [0.25, 0.3) is 16.8 Å². The van der Waals surface area contributed by atoms with E-state index >= 15 is 0 Å². The fourth-order valence-electron chi connectivity index (χ4n) is 2.20. The van der Waals surface area contributed by atoms with Crippen LogP contribution in [0.4, 0.5) is 4.39 Å². The van der Waals surface area contributed by atoms with Gasteiger partial charge in [0.2, 0.25) is 0 Å². The normalized spacial score (nSPS) is 11.1. The summed E-state index contributed by atoms with van der Waals surface area (Å²) >= 11 is 0. The first-order valence-corrected chi connectivity index (χ1v) is 6.16. The number of imidazole rings is 1. The number of fused-ring (bicyclic) bond motifs is 1. The Balaban J connectivity index is 2.20. The van der Waals surface area contributed by atoms with E-state index in [0.717, 1.165) is 22.6 Å². The van der Waals surface area contributed by atoms with Crippen LogP contribution in [0.1, 0.15) is 5.82 Å². The van der Waals surface area contributed by atoms with E-state index in [1.165, 1.54) is 12.1 Å². The predicted octanol–water partition coefficient (Wildman–Crippen LogP) is 2.86. The Labute approximate surface area is 110 Å². The molecule has 0 saturated carbocycles. The number of rotatable bonds is 3. The van der Waals surface area contributed by atoms with Crippen LogP contribution in [0.15, 0.2) is 48.7 Å². The van der Waals surface area contributed by atoms with Gasteiger partial charge in [0.15, 0.2) is 0 Å². The van der Waals surface area contributed by atoms with Crippen molar-refractivity contribution in [1.29, 1.82) is 0 Å². The molecule has 3 nitrogen and oxygen atoms in total. The predicted molar refractivity (Wildman–Crippen MR) is 73.3 cm³/mol. The summed E-state index contributed by atoms with van der Waals surface area (Å²) in [6, 6.07) is 12.4. The molecule has 0 amide bonds. The Bertz CT molecular complexity index is 701. The van der Waals surface area contributed by atoms with Gasteiger partial charge in [0.25, 0.3) is 0 Å². The molecule has 0 radical (unpaired) electrons. The number of pyridine rings is 1. The van der Waals surface area contributed by atoms with Gasteiger partial charge in [-0.3, -0.25) is 0 Å². The molecule has 0 aliphatic rings. The summed E-state index contributed by atoms with van der Waals surface area (Å²) < 4.78 is 15.1. The zero-order valence-electron chi connectivity index (χ0n) is 10.6. The third kappa shape index (κ3) is 2.11. The molecule has 1 aromatic carbocycles. The van der Waals surface area contributed by atoms with Gasteiger partial charge in [-0.25, -0.2) is 9.37 Å². The fraction of sp³-hybridized carbons (Fsp3) is 0.133. The van der Waals surface area contributed by atoms with Crippen LogP contribution in [0, 0.1) is 5.82 Å². The Morgan fingerprint density at radius 2 is 1.95 bits per heavy atom. The van der Waals surface area contributed by atoms with Crippen LogP contribution in [0.3, 0.4) is 0 Å². The summed E-state index contributed by atoms with van der Waals surface area (Å²) in [5.41, 5.74) is 2.83. The average Bonchev–Trinajstić information content (AvgIpc) is 2.80. The molecule has 0 unspecified atom stereocenters. The maximum atomic E-state index is 13.0. The van der Waals surface area contributed by atoms with E-state index < -0.39 is 0 Å². The lowest BCUT2D eigenvalue weighted by Crippen LogP contribution is -2.08. The van der Waals surface area contributed by atoms with Crippen molar-refractivity contribution in [2.24, 2.45) is 0 Å². The number of hydrogen-bond donors (Lipinski definition) is 1. The molecular weight excluding hydrogens is 241 g/mol. The fourth-order valence-corrected chi connectivity index (χ4v) is 2.20. The van der Waals surface area contributed by atoms with Gasteiger partial charge in [-0.15, -0.1) is 0 Å². The SMILES string of the molecule is CNCc1nc(-c2ccc(F)cc2)c2ccccn12. The Morgan fingerprint density at radius 1 is 1.16 bits per heavy atom. The van der Waals surface area contributed by atoms with E-state index in [2.05, 4.69) is 14.7 Å². The topological polar surface area (TPSA) is 29.3 Å². The molecule has 0 atom stereocenters. The van der Waals surface area contributed by atoms with Gasteiger partial charge in [0.05, 0.1) is 17.8 Å². The largest absolute Gasteiger partial charge is 0.313 e. The van der Waals surface area contributed by atoms with Gasteiger partial charge in [-0.1, -0.05) is 6.07 Å². The zero-order chi connectivity index (χ0) is 13.2. The van der Waals surface area contributed by atoms with Gasteiger partial charge < -0.3 is 9.72 Å². The van der Waals surface area contributed by atoms with Crippen molar-refractivity contribution < 1.29 is 4.39 Å². The number of nitrogens with one attached hydrogen (secondary N) is 1. The molecular formula is C15H14FN3. The van der Waals surface area contributed by atoms with Crippen LogP contribution < -0.4 is 5.32 Å². The van der Waals surface area contributed by atoms with E-state index in [-0.39, 0.29) is 5.82 Å². The maximum Gasteiger partial charge on any atom is 0.128 e. The quantitative estimate of drug-likeness (QED) is 0.779. The number of aromatic nitrogens is 2. The second-order valence-electron chi connectivity index (χ2n) is 4.37. The van der Waals surface area contributed by atoms with Crippen LogP contribution in [-0.4, -0.2) is 16.4 Å². The number of halogens is 1. The number of hydrogen-bond acceptors (Lipinski definition) is 2. The van der Waals surface area contributed by atoms with Crippen molar-refractivity contribution in [3.63, 3.8) is 0 Å². The number of benzene rings is 1. The van der Waals surface area contributed by atoms with Crippen molar-refractivity contribution in [1.82, 2.24) is 14.7 Å². The monoisotopic (exact) mass is 255 g/mol. The standard InChI is InChI=1S/C15H14FN3/c1-17-10-14-18-15(11-5-7-12(16)8-6-11)13-4-2-3-9-19(13)14/h2-9,17H,10H2,1H3. The molecule has 2 aromatic heterocycles. The third-order valence-corrected chi connectivity index (χ3v) is 3.07. The van der Waals surface area contributed by atoms with Crippen LogP contribution in [-0.2, 0) is 6.54 Å². The van der Waals surface area contributed by atoms with Gasteiger partial charge in [0.1, 0.15) is 11.6 Å². The molecule has 2 heterocycles. The summed E-state index contributed by atoms with van der Waals surface area (Å²) in [5, 5.41) is 3.11. The highest BCUT2D eigenvalue weighted by Gasteiger charge is 2.11. The van der Waals surface area contributed by atoms with Crippen molar-refractivity contribution in [2.45, 2.75) is 6.54 Å². The highest BCUT2D eigenvalue weighted by Crippen LogP contribution is 2.25. The molecule has 0 aliphatic carbocycles. The van der Waals surface area contributed by atoms with Crippen LogP contribution in [0.5, 0.6) is 0 Å². The van der Waals surface area contributed by atoms with Crippen molar-refractivity contribution >= 4 is 5.52 Å². The minimum absolute atomic E-state index is 0.234. The second kappa shape index (κ2) is 4.82. The third-order valence-electron chi connectivity index (χ3n) is 3.07. The molecule has 4 heteroatoms. The molecule has 0 aliphatic heterocycles. The van der Waals surface area contributed by atoms with Gasteiger partial charge in [-0.2, -0.15) is 0 Å². The Morgan fingerprint density at radius 3 is 2.68 bits per heavy atom.